The standard InChI is InChI=1S/C14H27NO5/c1-11(16)19-10-12(17)8-6-7-9-15(5)13(18)20-14(2,3)4/h12,17H,6-10H2,1-5H3. The number of rotatable bonds is 7. The van der Waals surface area contributed by atoms with Gasteiger partial charge in [0.2, 0.25) is 0 Å². The third-order valence-corrected chi connectivity index (χ3v) is 2.47. The minimum absolute atomic E-state index is 0.0250. The number of carbonyl (C=O) groups is 2. The fourth-order valence-corrected chi connectivity index (χ4v) is 1.46. The summed E-state index contributed by atoms with van der Waals surface area (Å²) in [6, 6.07) is 0. The van der Waals surface area contributed by atoms with Crippen molar-refractivity contribution < 1.29 is 24.2 Å². The van der Waals surface area contributed by atoms with Crippen molar-refractivity contribution in [2.45, 2.75) is 58.7 Å². The highest BCUT2D eigenvalue weighted by molar-refractivity contribution is 5.67. The van der Waals surface area contributed by atoms with E-state index in [1.165, 1.54) is 11.8 Å². The minimum atomic E-state index is -0.647. The second kappa shape index (κ2) is 8.79. The SMILES string of the molecule is CC(=O)OCC(O)CCCCN(C)C(=O)OC(C)(C)C. The van der Waals surface area contributed by atoms with Gasteiger partial charge in [0.1, 0.15) is 12.2 Å². The van der Waals surface area contributed by atoms with Gasteiger partial charge < -0.3 is 19.5 Å². The zero-order valence-electron chi connectivity index (χ0n) is 13.1. The molecule has 0 rings (SSSR count). The number of amides is 1. The van der Waals surface area contributed by atoms with Gasteiger partial charge >= 0.3 is 12.1 Å². The molecule has 20 heavy (non-hydrogen) atoms. The van der Waals surface area contributed by atoms with Gasteiger partial charge in [0.25, 0.3) is 0 Å². The summed E-state index contributed by atoms with van der Waals surface area (Å²) >= 11 is 0. The van der Waals surface area contributed by atoms with Crippen molar-refractivity contribution >= 4 is 12.1 Å². The molecule has 0 saturated carbocycles. The number of hydrogen-bond acceptors (Lipinski definition) is 5. The van der Waals surface area contributed by atoms with E-state index in [4.69, 9.17) is 9.47 Å². The largest absolute Gasteiger partial charge is 0.463 e. The predicted molar refractivity (Wildman–Crippen MR) is 75.4 cm³/mol. The van der Waals surface area contributed by atoms with Crippen LogP contribution in [0.25, 0.3) is 0 Å². The lowest BCUT2D eigenvalue weighted by atomic mass is 10.1. The Morgan fingerprint density at radius 1 is 1.25 bits per heavy atom. The lowest BCUT2D eigenvalue weighted by molar-refractivity contribution is -0.144. The molecule has 1 N–H and O–H groups in total. The number of aliphatic hydroxyl groups is 1. The average molecular weight is 289 g/mol. The Hall–Kier alpha value is -1.30. The highest BCUT2D eigenvalue weighted by Crippen LogP contribution is 2.10. The van der Waals surface area contributed by atoms with E-state index in [1.807, 2.05) is 20.8 Å². The molecule has 6 heteroatoms. The van der Waals surface area contributed by atoms with Crippen LogP contribution in [0.4, 0.5) is 4.79 Å². The van der Waals surface area contributed by atoms with Gasteiger partial charge in [-0.3, -0.25) is 4.79 Å². The molecular formula is C14H27NO5. The maximum atomic E-state index is 11.7. The molecule has 0 fully saturated rings. The summed E-state index contributed by atoms with van der Waals surface area (Å²) in [6.07, 6.45) is 1.04. The Labute approximate surface area is 121 Å². The number of esters is 1. The first-order chi connectivity index (χ1) is 9.11. The third kappa shape index (κ3) is 10.6. The van der Waals surface area contributed by atoms with Gasteiger partial charge in [-0.05, 0) is 40.0 Å². The van der Waals surface area contributed by atoms with Crippen LogP contribution in [0.15, 0.2) is 0 Å². The van der Waals surface area contributed by atoms with Crippen LogP contribution < -0.4 is 0 Å². The third-order valence-electron chi connectivity index (χ3n) is 2.47. The van der Waals surface area contributed by atoms with E-state index in [0.717, 1.165) is 12.8 Å². The molecule has 0 aromatic heterocycles. The highest BCUT2D eigenvalue weighted by Gasteiger charge is 2.19. The maximum Gasteiger partial charge on any atom is 0.410 e. The molecule has 0 saturated heterocycles. The van der Waals surface area contributed by atoms with E-state index in [-0.39, 0.29) is 12.7 Å². The smallest absolute Gasteiger partial charge is 0.410 e. The second-order valence-corrected chi connectivity index (χ2v) is 5.85. The predicted octanol–water partition coefficient (Wildman–Crippen LogP) is 1.95. The molecule has 0 aliphatic carbocycles. The van der Waals surface area contributed by atoms with Gasteiger partial charge in [0, 0.05) is 20.5 Å². The van der Waals surface area contributed by atoms with E-state index in [0.29, 0.717) is 13.0 Å². The Bertz CT molecular complexity index is 311. The van der Waals surface area contributed by atoms with Gasteiger partial charge in [-0.15, -0.1) is 0 Å². The van der Waals surface area contributed by atoms with Crippen molar-refractivity contribution in [2.75, 3.05) is 20.2 Å². The van der Waals surface area contributed by atoms with Crippen molar-refractivity contribution in [2.24, 2.45) is 0 Å². The lowest BCUT2D eigenvalue weighted by Gasteiger charge is -2.24. The van der Waals surface area contributed by atoms with Gasteiger partial charge in [-0.25, -0.2) is 4.79 Å². The van der Waals surface area contributed by atoms with Gasteiger partial charge in [0.05, 0.1) is 6.10 Å². The summed E-state index contributed by atoms with van der Waals surface area (Å²) in [5, 5.41) is 9.54. The van der Waals surface area contributed by atoms with E-state index >= 15 is 0 Å². The number of hydrogen-bond donors (Lipinski definition) is 1. The Morgan fingerprint density at radius 2 is 1.85 bits per heavy atom. The maximum absolute atomic E-state index is 11.7. The summed E-state index contributed by atoms with van der Waals surface area (Å²) in [7, 11) is 1.68. The number of carbonyl (C=O) groups excluding carboxylic acids is 2. The van der Waals surface area contributed by atoms with Crippen LogP contribution in [0, 0.1) is 0 Å². The molecular weight excluding hydrogens is 262 g/mol. The Morgan fingerprint density at radius 3 is 2.35 bits per heavy atom. The fraction of sp³-hybridized carbons (Fsp3) is 0.857. The molecule has 0 radical (unpaired) electrons. The molecule has 0 spiro atoms. The number of aliphatic hydroxyl groups excluding tert-OH is 1. The van der Waals surface area contributed by atoms with Crippen molar-refractivity contribution in [3.05, 3.63) is 0 Å². The van der Waals surface area contributed by atoms with Gasteiger partial charge in [0.15, 0.2) is 0 Å². The molecule has 0 heterocycles. The van der Waals surface area contributed by atoms with Crippen LogP contribution in [0.1, 0.15) is 47.0 Å². The lowest BCUT2D eigenvalue weighted by Crippen LogP contribution is -2.34. The van der Waals surface area contributed by atoms with Crippen LogP contribution in [0.3, 0.4) is 0 Å². The van der Waals surface area contributed by atoms with Gasteiger partial charge in [-0.2, -0.15) is 0 Å². The molecule has 0 aromatic rings. The zero-order valence-corrected chi connectivity index (χ0v) is 13.1. The topological polar surface area (TPSA) is 76.1 Å². The van der Waals surface area contributed by atoms with Crippen LogP contribution in [0.2, 0.25) is 0 Å². The van der Waals surface area contributed by atoms with Crippen molar-refractivity contribution in [1.82, 2.24) is 4.90 Å². The minimum Gasteiger partial charge on any atom is -0.463 e. The first kappa shape index (κ1) is 18.7. The van der Waals surface area contributed by atoms with E-state index in [9.17, 15) is 14.7 Å². The van der Waals surface area contributed by atoms with Crippen molar-refractivity contribution in [1.29, 1.82) is 0 Å². The summed E-state index contributed by atoms with van der Waals surface area (Å²) in [4.78, 5) is 23.7. The first-order valence-corrected chi connectivity index (χ1v) is 6.87. The number of nitrogens with zero attached hydrogens (tertiary/aromatic N) is 1. The average Bonchev–Trinajstić information content (AvgIpc) is 2.29. The molecule has 1 atom stereocenters. The fourth-order valence-electron chi connectivity index (χ4n) is 1.46. The first-order valence-electron chi connectivity index (χ1n) is 6.87. The van der Waals surface area contributed by atoms with Crippen LogP contribution in [-0.2, 0) is 14.3 Å². The monoisotopic (exact) mass is 289 g/mol. The van der Waals surface area contributed by atoms with Crippen LogP contribution in [-0.4, -0.2) is 54.0 Å². The molecule has 6 nitrogen and oxygen atoms in total. The van der Waals surface area contributed by atoms with Crippen LogP contribution >= 0.6 is 0 Å². The molecule has 0 aliphatic rings. The zero-order chi connectivity index (χ0) is 15.8. The van der Waals surface area contributed by atoms with Crippen molar-refractivity contribution in [3.63, 3.8) is 0 Å². The summed E-state index contributed by atoms with van der Waals surface area (Å²) in [5.41, 5.74) is -0.494. The second-order valence-electron chi connectivity index (χ2n) is 5.85. The Balaban J connectivity index is 3.73. The molecule has 0 bridgehead atoms. The summed E-state index contributed by atoms with van der Waals surface area (Å²) in [5.74, 6) is -0.395. The van der Waals surface area contributed by atoms with E-state index in [2.05, 4.69) is 0 Å². The highest BCUT2D eigenvalue weighted by atomic mass is 16.6. The number of ether oxygens (including phenoxy) is 2. The summed E-state index contributed by atoms with van der Waals surface area (Å²) < 4.78 is 9.92. The van der Waals surface area contributed by atoms with E-state index in [1.54, 1.807) is 7.05 Å². The summed E-state index contributed by atoms with van der Waals surface area (Å²) in [6.45, 7) is 7.37. The Kier molecular flexibility index (Phi) is 8.22. The molecule has 1 unspecified atom stereocenters. The normalized spacial score (nSPS) is 12.7. The molecule has 0 aliphatic heterocycles. The van der Waals surface area contributed by atoms with Crippen LogP contribution in [0.5, 0.6) is 0 Å². The quantitative estimate of drug-likeness (QED) is 0.572. The molecule has 0 aromatic carbocycles. The van der Waals surface area contributed by atoms with E-state index < -0.39 is 17.7 Å². The van der Waals surface area contributed by atoms with Crippen molar-refractivity contribution in [3.8, 4) is 0 Å². The number of unbranched alkanes of at least 4 members (excludes halogenated alkanes) is 1. The molecule has 1 amide bonds. The molecule has 118 valence electrons. The van der Waals surface area contributed by atoms with Gasteiger partial charge in [-0.1, -0.05) is 0 Å².